The van der Waals surface area contributed by atoms with E-state index in [-0.39, 0.29) is 5.91 Å². The number of halogens is 1. The first-order valence-corrected chi connectivity index (χ1v) is 7.12. The summed E-state index contributed by atoms with van der Waals surface area (Å²) in [6.07, 6.45) is 3.48. The van der Waals surface area contributed by atoms with Crippen LogP contribution in [0.3, 0.4) is 0 Å². The maximum atomic E-state index is 11.8. The molecule has 17 heavy (non-hydrogen) atoms. The minimum absolute atomic E-state index is 0.161. The molecular weight excluding hydrogens is 258 g/mol. The average Bonchev–Trinajstić information content (AvgIpc) is 2.32. The van der Waals surface area contributed by atoms with Gasteiger partial charge in [0.2, 0.25) is 0 Å². The number of hydrogen-bond donors (Lipinski definition) is 2. The number of nitrogens with zero attached hydrogens (tertiary/aromatic N) is 1. The van der Waals surface area contributed by atoms with Crippen molar-refractivity contribution in [1.29, 1.82) is 0 Å². The van der Waals surface area contributed by atoms with E-state index in [1.54, 1.807) is 17.8 Å². The van der Waals surface area contributed by atoms with Crippen molar-refractivity contribution in [3.05, 3.63) is 22.8 Å². The Morgan fingerprint density at radius 2 is 2.35 bits per heavy atom. The van der Waals surface area contributed by atoms with E-state index in [0.717, 1.165) is 12.3 Å². The highest BCUT2D eigenvalue weighted by Gasteiger charge is 2.11. The third-order valence-electron chi connectivity index (χ3n) is 2.05. The largest absolute Gasteiger partial charge is 0.370 e. The molecule has 0 aliphatic rings. The van der Waals surface area contributed by atoms with Gasteiger partial charge in [0, 0.05) is 25.0 Å². The zero-order chi connectivity index (χ0) is 12.7. The highest BCUT2D eigenvalue weighted by molar-refractivity contribution is 7.98. The predicted octanol–water partition coefficient (Wildman–Crippen LogP) is 2.26. The van der Waals surface area contributed by atoms with Gasteiger partial charge in [0.15, 0.2) is 0 Å². The van der Waals surface area contributed by atoms with E-state index >= 15 is 0 Å². The average molecular weight is 274 g/mol. The second-order valence-electron chi connectivity index (χ2n) is 3.33. The standard InChI is InChI=1S/C11H16ClN3OS/c1-3-13-10-6-8(9(12)7-15-10)11(16)14-4-5-17-2/h6-7H,3-5H2,1-2H3,(H,13,15)(H,14,16). The van der Waals surface area contributed by atoms with Gasteiger partial charge in [-0.15, -0.1) is 0 Å². The summed E-state index contributed by atoms with van der Waals surface area (Å²) in [4.78, 5) is 15.9. The van der Waals surface area contributed by atoms with Crippen molar-refractivity contribution < 1.29 is 4.79 Å². The molecule has 0 aliphatic heterocycles. The lowest BCUT2D eigenvalue weighted by Gasteiger charge is -2.08. The third-order valence-corrected chi connectivity index (χ3v) is 2.96. The molecule has 1 aromatic heterocycles. The summed E-state index contributed by atoms with van der Waals surface area (Å²) >= 11 is 7.63. The topological polar surface area (TPSA) is 54.0 Å². The first-order valence-electron chi connectivity index (χ1n) is 5.35. The number of thioether (sulfide) groups is 1. The van der Waals surface area contributed by atoms with Crippen molar-refractivity contribution in [3.63, 3.8) is 0 Å². The number of rotatable bonds is 6. The SMILES string of the molecule is CCNc1cc(C(=O)NCCSC)c(Cl)cn1. The van der Waals surface area contributed by atoms with Gasteiger partial charge in [-0.25, -0.2) is 4.98 Å². The van der Waals surface area contributed by atoms with Gasteiger partial charge >= 0.3 is 0 Å². The van der Waals surface area contributed by atoms with Crippen molar-refractivity contribution in [2.75, 3.05) is 30.4 Å². The summed E-state index contributed by atoms with van der Waals surface area (Å²) in [6.45, 7) is 3.35. The van der Waals surface area contributed by atoms with Gasteiger partial charge in [0.1, 0.15) is 5.82 Å². The van der Waals surface area contributed by atoms with Crippen molar-refractivity contribution in [2.24, 2.45) is 0 Å². The van der Waals surface area contributed by atoms with Gasteiger partial charge in [-0.2, -0.15) is 11.8 Å². The van der Waals surface area contributed by atoms with E-state index in [4.69, 9.17) is 11.6 Å². The molecule has 1 aromatic rings. The van der Waals surface area contributed by atoms with Crippen LogP contribution >= 0.6 is 23.4 Å². The number of anilines is 1. The second kappa shape index (κ2) is 7.40. The quantitative estimate of drug-likeness (QED) is 0.781. The first-order chi connectivity index (χ1) is 8.19. The number of carbonyl (C=O) groups is 1. The molecule has 0 saturated heterocycles. The normalized spacial score (nSPS) is 10.1. The zero-order valence-electron chi connectivity index (χ0n) is 9.92. The lowest BCUT2D eigenvalue weighted by atomic mass is 10.2. The molecule has 2 N–H and O–H groups in total. The van der Waals surface area contributed by atoms with Crippen molar-refractivity contribution >= 4 is 35.1 Å². The first kappa shape index (κ1) is 14.1. The maximum Gasteiger partial charge on any atom is 0.253 e. The molecule has 0 bridgehead atoms. The summed E-state index contributed by atoms with van der Waals surface area (Å²) in [5, 5.41) is 6.22. The molecule has 0 aromatic carbocycles. The lowest BCUT2D eigenvalue weighted by molar-refractivity contribution is 0.0956. The van der Waals surface area contributed by atoms with Crippen molar-refractivity contribution in [2.45, 2.75) is 6.92 Å². The fraction of sp³-hybridized carbons (Fsp3) is 0.455. The second-order valence-corrected chi connectivity index (χ2v) is 4.72. The molecular formula is C11H16ClN3OS. The van der Waals surface area contributed by atoms with Gasteiger partial charge in [0.25, 0.3) is 5.91 Å². The molecule has 4 nitrogen and oxygen atoms in total. The molecule has 0 aliphatic carbocycles. The van der Waals surface area contributed by atoms with Crippen LogP contribution in [0.2, 0.25) is 5.02 Å². The van der Waals surface area contributed by atoms with E-state index in [1.807, 2.05) is 13.2 Å². The van der Waals surface area contributed by atoms with E-state index < -0.39 is 0 Å². The Kier molecular flexibility index (Phi) is 6.15. The van der Waals surface area contributed by atoms with Crippen molar-refractivity contribution in [1.82, 2.24) is 10.3 Å². The number of nitrogens with one attached hydrogen (secondary N) is 2. The molecule has 6 heteroatoms. The van der Waals surface area contributed by atoms with Gasteiger partial charge < -0.3 is 10.6 Å². The number of pyridine rings is 1. The van der Waals surface area contributed by atoms with Crippen LogP contribution in [-0.2, 0) is 0 Å². The molecule has 1 rings (SSSR count). The number of carbonyl (C=O) groups excluding carboxylic acids is 1. The van der Waals surface area contributed by atoms with E-state index in [0.29, 0.717) is 22.9 Å². The fourth-order valence-electron chi connectivity index (χ4n) is 1.25. The summed E-state index contributed by atoms with van der Waals surface area (Å²) < 4.78 is 0. The Bertz CT molecular complexity index is 387. The lowest BCUT2D eigenvalue weighted by Crippen LogP contribution is -2.26. The highest BCUT2D eigenvalue weighted by Crippen LogP contribution is 2.17. The Morgan fingerprint density at radius 1 is 1.59 bits per heavy atom. The summed E-state index contributed by atoms with van der Waals surface area (Å²) in [5.41, 5.74) is 0.457. The molecule has 0 radical (unpaired) electrons. The minimum Gasteiger partial charge on any atom is -0.370 e. The van der Waals surface area contributed by atoms with E-state index in [9.17, 15) is 4.79 Å². The molecule has 1 heterocycles. The molecule has 1 amide bonds. The van der Waals surface area contributed by atoms with E-state index in [1.165, 1.54) is 6.20 Å². The summed E-state index contributed by atoms with van der Waals surface area (Å²) in [5.74, 6) is 1.38. The van der Waals surface area contributed by atoms with Gasteiger partial charge in [-0.05, 0) is 19.2 Å². The molecule has 0 saturated carbocycles. The van der Waals surface area contributed by atoms with Gasteiger partial charge in [0.05, 0.1) is 10.6 Å². The number of aromatic nitrogens is 1. The van der Waals surface area contributed by atoms with Gasteiger partial charge in [-0.3, -0.25) is 4.79 Å². The van der Waals surface area contributed by atoms with Crippen LogP contribution in [-0.4, -0.2) is 36.0 Å². The van der Waals surface area contributed by atoms with Crippen LogP contribution in [0.1, 0.15) is 17.3 Å². The van der Waals surface area contributed by atoms with Crippen LogP contribution in [0.25, 0.3) is 0 Å². The zero-order valence-corrected chi connectivity index (χ0v) is 11.5. The molecule has 0 atom stereocenters. The monoisotopic (exact) mass is 273 g/mol. The molecule has 0 fully saturated rings. The minimum atomic E-state index is -0.161. The number of amides is 1. The van der Waals surface area contributed by atoms with Crippen LogP contribution in [0, 0.1) is 0 Å². The van der Waals surface area contributed by atoms with Gasteiger partial charge in [-0.1, -0.05) is 11.6 Å². The van der Waals surface area contributed by atoms with Crippen LogP contribution in [0.4, 0.5) is 5.82 Å². The van der Waals surface area contributed by atoms with Crippen molar-refractivity contribution in [3.8, 4) is 0 Å². The van der Waals surface area contributed by atoms with Crippen LogP contribution < -0.4 is 10.6 Å². The molecule has 94 valence electrons. The highest BCUT2D eigenvalue weighted by atomic mass is 35.5. The summed E-state index contributed by atoms with van der Waals surface area (Å²) in [6, 6.07) is 1.67. The Hall–Kier alpha value is -0.940. The fourth-order valence-corrected chi connectivity index (χ4v) is 1.75. The molecule has 0 spiro atoms. The summed E-state index contributed by atoms with van der Waals surface area (Å²) in [7, 11) is 0. The Balaban J connectivity index is 2.73. The Labute approximate surface area is 111 Å². The van der Waals surface area contributed by atoms with E-state index in [2.05, 4.69) is 15.6 Å². The maximum absolute atomic E-state index is 11.8. The smallest absolute Gasteiger partial charge is 0.253 e. The molecule has 0 unspecified atom stereocenters. The Morgan fingerprint density at radius 3 is 3.00 bits per heavy atom. The van der Waals surface area contributed by atoms with Crippen LogP contribution in [0.5, 0.6) is 0 Å². The third kappa shape index (κ3) is 4.44. The van der Waals surface area contributed by atoms with Crippen LogP contribution in [0.15, 0.2) is 12.3 Å². The number of hydrogen-bond acceptors (Lipinski definition) is 4. The predicted molar refractivity (Wildman–Crippen MR) is 74.1 cm³/mol.